The van der Waals surface area contributed by atoms with Crippen LogP contribution in [0.1, 0.15) is 31.4 Å². The van der Waals surface area contributed by atoms with Gasteiger partial charge in [-0.3, -0.25) is 5.41 Å². The number of aryl methyl sites for hydroxylation is 2. The van der Waals surface area contributed by atoms with Gasteiger partial charge in [-0.1, -0.05) is 19.9 Å². The van der Waals surface area contributed by atoms with Crippen molar-refractivity contribution in [2.24, 2.45) is 11.1 Å². The number of ether oxygens (including phenoxy) is 1. The Morgan fingerprint density at radius 3 is 2.47 bits per heavy atom. The molecule has 0 saturated heterocycles. The Hall–Kier alpha value is -1.51. The van der Waals surface area contributed by atoms with Crippen LogP contribution < -0.4 is 10.5 Å². The topological polar surface area (TPSA) is 59.1 Å². The lowest BCUT2D eigenvalue weighted by Crippen LogP contribution is -2.32. The van der Waals surface area contributed by atoms with Crippen molar-refractivity contribution < 1.29 is 4.74 Å². The highest BCUT2D eigenvalue weighted by atomic mass is 16.5. The molecule has 0 heterocycles. The Bertz CT molecular complexity index is 411. The fraction of sp³-hybridized carbons (Fsp3) is 0.500. The Labute approximate surface area is 103 Å². The first-order valence-electron chi connectivity index (χ1n) is 5.87. The van der Waals surface area contributed by atoms with Gasteiger partial charge in [-0.25, -0.2) is 0 Å². The third-order valence-corrected chi connectivity index (χ3v) is 3.20. The molecule has 0 fully saturated rings. The summed E-state index contributed by atoms with van der Waals surface area (Å²) in [5.74, 6) is 1.09. The molecular weight excluding hydrogens is 212 g/mol. The molecule has 0 aliphatic rings. The van der Waals surface area contributed by atoms with Crippen LogP contribution in [0.4, 0.5) is 0 Å². The first-order valence-corrected chi connectivity index (χ1v) is 5.87. The highest BCUT2D eigenvalue weighted by molar-refractivity contribution is 5.82. The van der Waals surface area contributed by atoms with Crippen molar-refractivity contribution in [3.05, 3.63) is 29.3 Å². The molecule has 1 aromatic carbocycles. The van der Waals surface area contributed by atoms with E-state index in [1.165, 1.54) is 11.1 Å². The zero-order chi connectivity index (χ0) is 13.1. The summed E-state index contributed by atoms with van der Waals surface area (Å²) in [4.78, 5) is 0. The summed E-state index contributed by atoms with van der Waals surface area (Å²) in [7, 11) is 0. The SMILES string of the molecule is Cc1ccc(OCCC(C)(C)C(=N)N)cc1C. The van der Waals surface area contributed by atoms with Crippen LogP contribution in [0, 0.1) is 24.7 Å². The second-order valence-electron chi connectivity index (χ2n) is 5.14. The molecule has 0 unspecified atom stereocenters. The summed E-state index contributed by atoms with van der Waals surface area (Å²) < 4.78 is 5.68. The van der Waals surface area contributed by atoms with E-state index in [0.29, 0.717) is 6.61 Å². The predicted octanol–water partition coefficient (Wildman–Crippen LogP) is 3.03. The molecule has 3 heteroatoms. The van der Waals surface area contributed by atoms with E-state index in [1.807, 2.05) is 26.0 Å². The predicted molar refractivity (Wildman–Crippen MR) is 71.7 cm³/mol. The lowest BCUT2D eigenvalue weighted by atomic mass is 9.88. The summed E-state index contributed by atoms with van der Waals surface area (Å²) in [5.41, 5.74) is 7.72. The zero-order valence-electron chi connectivity index (χ0n) is 11.1. The third-order valence-electron chi connectivity index (χ3n) is 3.20. The summed E-state index contributed by atoms with van der Waals surface area (Å²) in [6, 6.07) is 6.07. The average molecular weight is 234 g/mol. The Kier molecular flexibility index (Phi) is 4.16. The molecule has 0 bridgehead atoms. The molecule has 0 aliphatic carbocycles. The van der Waals surface area contributed by atoms with Gasteiger partial charge < -0.3 is 10.5 Å². The van der Waals surface area contributed by atoms with Crippen LogP contribution in [0.5, 0.6) is 5.75 Å². The van der Waals surface area contributed by atoms with Crippen LogP contribution in [0.25, 0.3) is 0 Å². The van der Waals surface area contributed by atoms with Crippen LogP contribution >= 0.6 is 0 Å². The molecule has 17 heavy (non-hydrogen) atoms. The van der Waals surface area contributed by atoms with Gasteiger partial charge in [0.1, 0.15) is 5.75 Å². The van der Waals surface area contributed by atoms with Crippen molar-refractivity contribution in [2.75, 3.05) is 6.61 Å². The van der Waals surface area contributed by atoms with Gasteiger partial charge in [0.2, 0.25) is 0 Å². The van der Waals surface area contributed by atoms with Crippen LogP contribution in [-0.4, -0.2) is 12.4 Å². The molecule has 0 aliphatic heterocycles. The van der Waals surface area contributed by atoms with Crippen molar-refractivity contribution >= 4 is 5.84 Å². The Morgan fingerprint density at radius 1 is 1.29 bits per heavy atom. The van der Waals surface area contributed by atoms with Crippen molar-refractivity contribution in [1.82, 2.24) is 0 Å². The second kappa shape index (κ2) is 5.21. The van der Waals surface area contributed by atoms with Gasteiger partial charge >= 0.3 is 0 Å². The smallest absolute Gasteiger partial charge is 0.119 e. The van der Waals surface area contributed by atoms with Gasteiger partial charge in [-0.15, -0.1) is 0 Å². The van der Waals surface area contributed by atoms with Gasteiger partial charge in [-0.2, -0.15) is 0 Å². The van der Waals surface area contributed by atoms with Crippen LogP contribution in [0.3, 0.4) is 0 Å². The molecule has 0 aromatic heterocycles. The van der Waals surface area contributed by atoms with Crippen molar-refractivity contribution in [3.63, 3.8) is 0 Å². The molecule has 3 nitrogen and oxygen atoms in total. The molecular formula is C14H22N2O. The quantitative estimate of drug-likeness (QED) is 0.607. The van der Waals surface area contributed by atoms with E-state index in [4.69, 9.17) is 15.9 Å². The monoisotopic (exact) mass is 234 g/mol. The van der Waals surface area contributed by atoms with Gasteiger partial charge in [0, 0.05) is 5.41 Å². The minimum atomic E-state index is -0.292. The number of amidine groups is 1. The van der Waals surface area contributed by atoms with Crippen molar-refractivity contribution in [1.29, 1.82) is 5.41 Å². The van der Waals surface area contributed by atoms with Crippen molar-refractivity contribution in [2.45, 2.75) is 34.1 Å². The molecule has 0 atom stereocenters. The molecule has 0 amide bonds. The summed E-state index contributed by atoms with van der Waals surface area (Å²) in [5, 5.41) is 7.46. The van der Waals surface area contributed by atoms with E-state index >= 15 is 0 Å². The van der Waals surface area contributed by atoms with Gasteiger partial charge in [-0.05, 0) is 43.5 Å². The maximum Gasteiger partial charge on any atom is 0.119 e. The normalized spacial score (nSPS) is 11.3. The van der Waals surface area contributed by atoms with Gasteiger partial charge in [0.25, 0.3) is 0 Å². The van der Waals surface area contributed by atoms with Gasteiger partial charge in [0.05, 0.1) is 12.4 Å². The van der Waals surface area contributed by atoms with E-state index in [1.54, 1.807) is 0 Å². The van der Waals surface area contributed by atoms with Crippen LogP contribution in [-0.2, 0) is 0 Å². The largest absolute Gasteiger partial charge is 0.494 e. The maximum atomic E-state index is 7.46. The zero-order valence-corrected chi connectivity index (χ0v) is 11.1. The minimum absolute atomic E-state index is 0.209. The minimum Gasteiger partial charge on any atom is -0.494 e. The standard InChI is InChI=1S/C14H22N2O/c1-10-5-6-12(9-11(10)2)17-8-7-14(3,4)13(15)16/h5-6,9H,7-8H2,1-4H3,(H3,15,16). The second-order valence-corrected chi connectivity index (χ2v) is 5.14. The third kappa shape index (κ3) is 3.77. The molecule has 0 radical (unpaired) electrons. The lowest BCUT2D eigenvalue weighted by Gasteiger charge is -2.22. The van der Waals surface area contributed by atoms with E-state index in [9.17, 15) is 0 Å². The first kappa shape index (κ1) is 13.6. The number of hydrogen-bond acceptors (Lipinski definition) is 2. The summed E-state index contributed by atoms with van der Waals surface area (Å²) >= 11 is 0. The number of nitrogens with two attached hydrogens (primary N) is 1. The van der Waals surface area contributed by atoms with Crippen LogP contribution in [0.2, 0.25) is 0 Å². The summed E-state index contributed by atoms with van der Waals surface area (Å²) in [6.07, 6.45) is 0.745. The highest BCUT2D eigenvalue weighted by Gasteiger charge is 2.21. The van der Waals surface area contributed by atoms with Crippen molar-refractivity contribution in [3.8, 4) is 5.75 Å². The lowest BCUT2D eigenvalue weighted by molar-refractivity contribution is 0.268. The van der Waals surface area contributed by atoms with E-state index in [0.717, 1.165) is 12.2 Å². The number of rotatable bonds is 5. The molecule has 94 valence electrons. The maximum absolute atomic E-state index is 7.46. The molecule has 0 spiro atoms. The number of nitrogens with one attached hydrogen (secondary N) is 1. The van der Waals surface area contributed by atoms with E-state index < -0.39 is 0 Å². The molecule has 1 aromatic rings. The molecule has 1 rings (SSSR count). The number of benzene rings is 1. The number of hydrogen-bond donors (Lipinski definition) is 2. The Balaban J connectivity index is 2.51. The van der Waals surface area contributed by atoms with Gasteiger partial charge in [0.15, 0.2) is 0 Å². The van der Waals surface area contributed by atoms with E-state index in [2.05, 4.69) is 19.9 Å². The van der Waals surface area contributed by atoms with E-state index in [-0.39, 0.29) is 11.3 Å². The Morgan fingerprint density at radius 2 is 1.94 bits per heavy atom. The average Bonchev–Trinajstić information content (AvgIpc) is 2.23. The summed E-state index contributed by atoms with van der Waals surface area (Å²) in [6.45, 7) is 8.65. The fourth-order valence-corrected chi connectivity index (χ4v) is 1.36. The molecule has 0 saturated carbocycles. The molecule has 3 N–H and O–H groups in total. The highest BCUT2D eigenvalue weighted by Crippen LogP contribution is 2.21. The van der Waals surface area contributed by atoms with Crippen LogP contribution in [0.15, 0.2) is 18.2 Å². The first-order chi connectivity index (χ1) is 7.83. The fourth-order valence-electron chi connectivity index (χ4n) is 1.36.